The van der Waals surface area contributed by atoms with Crippen LogP contribution in [0.4, 0.5) is 5.69 Å². The first-order chi connectivity index (χ1) is 15.9. The summed E-state index contributed by atoms with van der Waals surface area (Å²) in [6, 6.07) is 11.6. The summed E-state index contributed by atoms with van der Waals surface area (Å²) in [5, 5.41) is 28.3. The molecule has 1 aliphatic rings. The lowest BCUT2D eigenvalue weighted by atomic mass is 9.82. The van der Waals surface area contributed by atoms with E-state index < -0.39 is 10.8 Å². The summed E-state index contributed by atoms with van der Waals surface area (Å²) >= 11 is 0. The number of rotatable bonds is 6. The number of allylic oxidation sites excluding steroid dienone is 1. The molecule has 1 aliphatic heterocycles. The molecule has 33 heavy (non-hydrogen) atoms. The second-order valence-corrected chi connectivity index (χ2v) is 7.01. The Labute approximate surface area is 188 Å². The molecule has 1 aromatic heterocycles. The van der Waals surface area contributed by atoms with Gasteiger partial charge in [0, 0.05) is 17.7 Å². The number of nitrogens with one attached hydrogen (secondary N) is 1. The zero-order chi connectivity index (χ0) is 23.7. The van der Waals surface area contributed by atoms with Crippen LogP contribution in [-0.2, 0) is 0 Å². The van der Waals surface area contributed by atoms with Crippen molar-refractivity contribution in [3.8, 4) is 40.5 Å². The summed E-state index contributed by atoms with van der Waals surface area (Å²) in [6.45, 7) is 0. The normalized spacial score (nSPS) is 14.7. The van der Waals surface area contributed by atoms with E-state index in [2.05, 4.69) is 16.3 Å². The van der Waals surface area contributed by atoms with Crippen LogP contribution < -0.4 is 24.7 Å². The van der Waals surface area contributed by atoms with Gasteiger partial charge in [0.05, 0.1) is 43.4 Å². The first kappa shape index (κ1) is 21.5. The molecular weight excluding hydrogens is 430 g/mol. The molecule has 168 valence electrons. The van der Waals surface area contributed by atoms with Gasteiger partial charge >= 0.3 is 0 Å². The molecule has 11 heteroatoms. The van der Waals surface area contributed by atoms with Crippen LogP contribution >= 0.6 is 0 Å². The van der Waals surface area contributed by atoms with Gasteiger partial charge in [-0.1, -0.05) is 12.1 Å². The van der Waals surface area contributed by atoms with Crippen molar-refractivity contribution >= 4 is 5.69 Å². The van der Waals surface area contributed by atoms with Gasteiger partial charge in [0.2, 0.25) is 17.5 Å². The number of nitro benzene ring substituents is 1. The van der Waals surface area contributed by atoms with Crippen LogP contribution in [0.5, 0.6) is 23.1 Å². The Kier molecular flexibility index (Phi) is 5.49. The standard InChI is InChI=1S/C22H19N5O6/c1-30-15-8-12(9-16(31-2)20(15)32-3)17-14(10-23)21(24)33-22-18(17)19(25-26-22)11-5-4-6-13(7-11)27(28)29/h4-9,17H,24H2,1-3H3,(H,25,26)/t17-/m1/s1. The number of hydrogen-bond acceptors (Lipinski definition) is 9. The molecule has 0 aliphatic carbocycles. The van der Waals surface area contributed by atoms with Crippen LogP contribution in [-0.4, -0.2) is 36.5 Å². The average Bonchev–Trinajstić information content (AvgIpc) is 3.25. The molecule has 0 bridgehead atoms. The molecule has 0 saturated heterocycles. The van der Waals surface area contributed by atoms with E-state index in [1.165, 1.54) is 33.5 Å². The smallest absolute Gasteiger partial charge is 0.270 e. The Morgan fingerprint density at radius 2 is 1.88 bits per heavy atom. The zero-order valence-electron chi connectivity index (χ0n) is 17.9. The Morgan fingerprint density at radius 3 is 2.45 bits per heavy atom. The van der Waals surface area contributed by atoms with Gasteiger partial charge in [-0.2, -0.15) is 5.26 Å². The molecule has 4 rings (SSSR count). The molecule has 3 aromatic rings. The first-order valence-corrected chi connectivity index (χ1v) is 9.64. The highest BCUT2D eigenvalue weighted by molar-refractivity contribution is 5.73. The number of methoxy groups -OCH3 is 3. The molecule has 2 heterocycles. The number of ether oxygens (including phenoxy) is 4. The second-order valence-electron chi connectivity index (χ2n) is 7.01. The van der Waals surface area contributed by atoms with Gasteiger partial charge < -0.3 is 24.7 Å². The van der Waals surface area contributed by atoms with E-state index >= 15 is 0 Å². The van der Waals surface area contributed by atoms with Gasteiger partial charge in [0.15, 0.2) is 11.5 Å². The molecule has 11 nitrogen and oxygen atoms in total. The SMILES string of the molecule is COc1cc([C@@H]2C(C#N)=C(N)Oc3n[nH]c(-c4cccc([N+](=O)[O-])c4)c32)cc(OC)c1OC. The number of nitrogens with zero attached hydrogens (tertiary/aromatic N) is 3. The number of hydrogen-bond donors (Lipinski definition) is 2. The van der Waals surface area contributed by atoms with Crippen molar-refractivity contribution in [1.29, 1.82) is 5.26 Å². The van der Waals surface area contributed by atoms with E-state index in [-0.39, 0.29) is 23.0 Å². The number of nitriles is 1. The molecule has 2 aromatic carbocycles. The Bertz CT molecular complexity index is 1300. The summed E-state index contributed by atoms with van der Waals surface area (Å²) in [5.74, 6) is 0.498. The third kappa shape index (κ3) is 3.53. The summed E-state index contributed by atoms with van der Waals surface area (Å²) in [6.07, 6.45) is 0. The number of nitrogens with two attached hydrogens (primary N) is 1. The zero-order valence-corrected chi connectivity index (χ0v) is 17.9. The highest BCUT2D eigenvalue weighted by atomic mass is 16.6. The fourth-order valence-electron chi connectivity index (χ4n) is 3.84. The van der Waals surface area contributed by atoms with Gasteiger partial charge in [-0.3, -0.25) is 15.2 Å². The number of fused-ring (bicyclic) bond motifs is 1. The van der Waals surface area contributed by atoms with Gasteiger partial charge in [-0.05, 0) is 17.7 Å². The minimum Gasteiger partial charge on any atom is -0.493 e. The summed E-state index contributed by atoms with van der Waals surface area (Å²) in [7, 11) is 4.46. The van der Waals surface area contributed by atoms with Crippen molar-refractivity contribution in [1.82, 2.24) is 10.2 Å². The predicted octanol–water partition coefficient (Wildman–Crippen LogP) is 3.23. The molecule has 0 amide bonds. The number of benzene rings is 2. The molecule has 0 saturated carbocycles. The number of aromatic nitrogens is 2. The van der Waals surface area contributed by atoms with E-state index in [9.17, 15) is 15.4 Å². The van der Waals surface area contributed by atoms with Gasteiger partial charge in [-0.25, -0.2) is 0 Å². The van der Waals surface area contributed by atoms with Crippen molar-refractivity contribution < 1.29 is 23.9 Å². The van der Waals surface area contributed by atoms with Crippen LogP contribution in [0.25, 0.3) is 11.3 Å². The highest BCUT2D eigenvalue weighted by Crippen LogP contribution is 2.49. The second kappa shape index (κ2) is 8.43. The lowest BCUT2D eigenvalue weighted by Gasteiger charge is -2.25. The molecule has 0 unspecified atom stereocenters. The van der Waals surface area contributed by atoms with Crippen molar-refractivity contribution in [3.05, 3.63) is 69.1 Å². The number of aromatic amines is 1. The lowest BCUT2D eigenvalue weighted by Crippen LogP contribution is -2.21. The maximum absolute atomic E-state index is 11.3. The van der Waals surface area contributed by atoms with Crippen molar-refractivity contribution in [2.24, 2.45) is 5.73 Å². The molecule has 1 atom stereocenters. The highest BCUT2D eigenvalue weighted by Gasteiger charge is 2.37. The van der Waals surface area contributed by atoms with Crippen LogP contribution in [0.1, 0.15) is 17.0 Å². The minimum absolute atomic E-state index is 0.0903. The maximum Gasteiger partial charge on any atom is 0.270 e. The van der Waals surface area contributed by atoms with E-state index in [1.807, 2.05) is 0 Å². The average molecular weight is 449 g/mol. The summed E-state index contributed by atoms with van der Waals surface area (Å²) in [4.78, 5) is 10.8. The molecular formula is C22H19N5O6. The van der Waals surface area contributed by atoms with E-state index in [0.717, 1.165) is 0 Å². The monoisotopic (exact) mass is 449 g/mol. The van der Waals surface area contributed by atoms with Crippen molar-refractivity contribution in [2.75, 3.05) is 21.3 Å². The molecule has 0 radical (unpaired) electrons. The largest absolute Gasteiger partial charge is 0.493 e. The van der Waals surface area contributed by atoms with Gasteiger partial charge in [0.1, 0.15) is 11.6 Å². The van der Waals surface area contributed by atoms with Crippen LogP contribution in [0, 0.1) is 21.4 Å². The van der Waals surface area contributed by atoms with E-state index in [1.54, 1.807) is 24.3 Å². The summed E-state index contributed by atoms with van der Waals surface area (Å²) in [5.41, 5.74) is 8.14. The maximum atomic E-state index is 11.3. The molecule has 3 N–H and O–H groups in total. The topological polar surface area (TPSA) is 159 Å². The van der Waals surface area contributed by atoms with Crippen LogP contribution in [0.15, 0.2) is 47.9 Å². The van der Waals surface area contributed by atoms with Crippen molar-refractivity contribution in [2.45, 2.75) is 5.92 Å². The minimum atomic E-state index is -0.722. The Balaban J connectivity index is 1.98. The van der Waals surface area contributed by atoms with Gasteiger partial charge in [-0.15, -0.1) is 5.10 Å². The van der Waals surface area contributed by atoms with Crippen LogP contribution in [0.2, 0.25) is 0 Å². The predicted molar refractivity (Wildman–Crippen MR) is 116 cm³/mol. The van der Waals surface area contributed by atoms with Gasteiger partial charge in [0.25, 0.3) is 5.69 Å². The fraction of sp³-hybridized carbons (Fsp3) is 0.182. The van der Waals surface area contributed by atoms with Crippen LogP contribution in [0.3, 0.4) is 0 Å². The fourth-order valence-corrected chi connectivity index (χ4v) is 3.84. The molecule has 0 spiro atoms. The Hall–Kier alpha value is -4.72. The lowest BCUT2D eigenvalue weighted by molar-refractivity contribution is -0.384. The number of non-ortho nitro benzene ring substituents is 1. The third-order valence-corrected chi connectivity index (χ3v) is 5.30. The number of H-pyrrole nitrogens is 1. The van der Waals surface area contributed by atoms with E-state index in [4.69, 9.17) is 24.7 Å². The van der Waals surface area contributed by atoms with Crippen molar-refractivity contribution in [3.63, 3.8) is 0 Å². The Morgan fingerprint density at radius 1 is 1.18 bits per heavy atom. The quantitative estimate of drug-likeness (QED) is 0.425. The number of nitro groups is 1. The summed E-state index contributed by atoms with van der Waals surface area (Å²) < 4.78 is 21.9. The molecule has 0 fully saturated rings. The third-order valence-electron chi connectivity index (χ3n) is 5.30. The first-order valence-electron chi connectivity index (χ1n) is 9.64. The van der Waals surface area contributed by atoms with E-state index in [0.29, 0.717) is 39.6 Å².